The Morgan fingerprint density at radius 3 is 2.68 bits per heavy atom. The molecule has 0 saturated carbocycles. The van der Waals surface area contributed by atoms with Crippen LogP contribution in [0.5, 0.6) is 0 Å². The summed E-state index contributed by atoms with van der Waals surface area (Å²) in [6.07, 6.45) is -6.25. The molecule has 4 N–H and O–H groups in total. The maximum Gasteiger partial charge on any atom is 0.433 e. The number of primary amides is 1. The highest BCUT2D eigenvalue weighted by atomic mass is 19.4. The number of nitrogens with zero attached hydrogens (tertiary/aromatic N) is 2. The molecule has 0 saturated heterocycles. The molecule has 19 heavy (non-hydrogen) atoms. The first-order valence-electron chi connectivity index (χ1n) is 4.95. The molecule has 1 unspecified atom stereocenters. The van der Waals surface area contributed by atoms with E-state index in [9.17, 15) is 18.0 Å². The molecule has 0 aromatic carbocycles. The minimum Gasteiger partial charge on any atom is -0.381 e. The number of hydrogen-bond acceptors (Lipinski definition) is 5. The number of aromatic nitrogens is 1. The number of anilines is 1. The van der Waals surface area contributed by atoms with Gasteiger partial charge in [-0.3, -0.25) is 4.79 Å². The summed E-state index contributed by atoms with van der Waals surface area (Å²) in [6, 6.07) is 3.24. The number of nitrogens with two attached hydrogens (primary N) is 1. The minimum absolute atomic E-state index is 0.148. The lowest BCUT2D eigenvalue weighted by atomic mass is 10.2. The highest BCUT2D eigenvalue weighted by Gasteiger charge is 2.33. The summed E-state index contributed by atoms with van der Waals surface area (Å²) in [5, 5.41) is 20.1. The number of rotatable bonds is 4. The zero-order valence-corrected chi connectivity index (χ0v) is 9.40. The number of pyridine rings is 1. The van der Waals surface area contributed by atoms with Crippen molar-refractivity contribution in [1.29, 1.82) is 5.26 Å². The third-order valence-corrected chi connectivity index (χ3v) is 2.10. The Morgan fingerprint density at radius 2 is 2.21 bits per heavy atom. The van der Waals surface area contributed by atoms with E-state index in [1.54, 1.807) is 6.07 Å². The second kappa shape index (κ2) is 5.53. The zero-order chi connectivity index (χ0) is 14.6. The molecular formula is C10H9F3N4O2. The van der Waals surface area contributed by atoms with E-state index in [2.05, 4.69) is 10.3 Å². The Bertz CT molecular complexity index is 524. The van der Waals surface area contributed by atoms with Crippen LogP contribution < -0.4 is 11.1 Å². The van der Waals surface area contributed by atoms with Gasteiger partial charge >= 0.3 is 6.18 Å². The van der Waals surface area contributed by atoms with Crippen LogP contribution in [0.4, 0.5) is 19.0 Å². The Hall–Kier alpha value is -2.34. The van der Waals surface area contributed by atoms with Crippen molar-refractivity contribution >= 4 is 11.7 Å². The van der Waals surface area contributed by atoms with Crippen molar-refractivity contribution in [3.63, 3.8) is 0 Å². The van der Waals surface area contributed by atoms with Crippen molar-refractivity contribution in [2.24, 2.45) is 5.73 Å². The average molecular weight is 274 g/mol. The number of hydrogen-bond donors (Lipinski definition) is 3. The Kier molecular flexibility index (Phi) is 4.29. The van der Waals surface area contributed by atoms with Gasteiger partial charge in [-0.1, -0.05) is 0 Å². The number of carbonyl (C=O) groups excluding carboxylic acids is 1. The molecule has 1 aromatic heterocycles. The summed E-state index contributed by atoms with van der Waals surface area (Å²) < 4.78 is 37.3. The molecule has 6 nitrogen and oxygen atoms in total. The lowest BCUT2D eigenvalue weighted by molar-refractivity contribution is -0.141. The van der Waals surface area contributed by atoms with Gasteiger partial charge in [-0.15, -0.1) is 0 Å². The third kappa shape index (κ3) is 3.82. The fraction of sp³-hybridized carbons (Fsp3) is 0.300. The van der Waals surface area contributed by atoms with Gasteiger partial charge in [0.1, 0.15) is 23.7 Å². The predicted octanol–water partition coefficient (Wildman–Crippen LogP) is 0.230. The zero-order valence-electron chi connectivity index (χ0n) is 9.40. The van der Waals surface area contributed by atoms with Gasteiger partial charge in [-0.05, 0) is 12.1 Å². The van der Waals surface area contributed by atoms with Gasteiger partial charge in [0.25, 0.3) is 0 Å². The third-order valence-electron chi connectivity index (χ3n) is 2.10. The van der Waals surface area contributed by atoms with Gasteiger partial charge in [0.2, 0.25) is 5.91 Å². The molecule has 1 atom stereocenters. The van der Waals surface area contributed by atoms with Gasteiger partial charge < -0.3 is 16.2 Å². The monoisotopic (exact) mass is 274 g/mol. The highest BCUT2D eigenvalue weighted by molar-refractivity contribution is 5.79. The van der Waals surface area contributed by atoms with Gasteiger partial charge in [-0.2, -0.15) is 18.4 Å². The molecule has 9 heteroatoms. The molecule has 0 radical (unpaired) electrons. The van der Waals surface area contributed by atoms with Crippen LogP contribution in [-0.4, -0.2) is 28.6 Å². The second-order valence-electron chi connectivity index (χ2n) is 3.50. The quantitative estimate of drug-likeness (QED) is 0.727. The van der Waals surface area contributed by atoms with E-state index in [0.29, 0.717) is 6.07 Å². The summed E-state index contributed by atoms with van der Waals surface area (Å²) in [4.78, 5) is 13.8. The van der Waals surface area contributed by atoms with Gasteiger partial charge in [0.05, 0.1) is 12.1 Å². The van der Waals surface area contributed by atoms with Crippen LogP contribution in [0.25, 0.3) is 0 Å². The standard InChI is InChI=1S/C10H9F3N4O2/c11-10(12,13)7-2-1-5(3-14)9(17-7)16-4-6(18)8(15)19/h1-2,6,18H,4H2,(H2,15,19)(H,16,17). The number of amides is 1. The van der Waals surface area contributed by atoms with E-state index in [-0.39, 0.29) is 11.4 Å². The second-order valence-corrected chi connectivity index (χ2v) is 3.50. The first-order valence-corrected chi connectivity index (χ1v) is 4.95. The summed E-state index contributed by atoms with van der Waals surface area (Å²) >= 11 is 0. The molecule has 0 aliphatic carbocycles. The van der Waals surface area contributed by atoms with Crippen LogP contribution in [0.2, 0.25) is 0 Å². The van der Waals surface area contributed by atoms with Crippen LogP contribution >= 0.6 is 0 Å². The number of carbonyl (C=O) groups is 1. The van der Waals surface area contributed by atoms with Crippen LogP contribution in [0.1, 0.15) is 11.3 Å². The summed E-state index contributed by atoms with van der Waals surface area (Å²) in [5.41, 5.74) is 3.43. The largest absolute Gasteiger partial charge is 0.433 e. The van der Waals surface area contributed by atoms with Crippen molar-refractivity contribution in [1.82, 2.24) is 4.98 Å². The van der Waals surface area contributed by atoms with Gasteiger partial charge in [0, 0.05) is 0 Å². The Morgan fingerprint density at radius 1 is 1.58 bits per heavy atom. The highest BCUT2D eigenvalue weighted by Crippen LogP contribution is 2.29. The number of aliphatic hydroxyl groups excluding tert-OH is 1. The lowest BCUT2D eigenvalue weighted by Crippen LogP contribution is -2.34. The number of nitrogens with one attached hydrogen (secondary N) is 1. The van der Waals surface area contributed by atoms with E-state index in [4.69, 9.17) is 16.1 Å². The van der Waals surface area contributed by atoms with E-state index >= 15 is 0 Å². The molecule has 1 amide bonds. The van der Waals surface area contributed by atoms with Crippen molar-refractivity contribution < 1.29 is 23.1 Å². The smallest absolute Gasteiger partial charge is 0.381 e. The fourth-order valence-electron chi connectivity index (χ4n) is 1.14. The van der Waals surface area contributed by atoms with E-state index in [1.165, 1.54) is 0 Å². The van der Waals surface area contributed by atoms with E-state index in [0.717, 1.165) is 6.07 Å². The molecule has 0 aliphatic rings. The van der Waals surface area contributed by atoms with Crippen LogP contribution in [0, 0.1) is 11.3 Å². The van der Waals surface area contributed by atoms with Gasteiger partial charge in [0.15, 0.2) is 0 Å². The molecule has 0 bridgehead atoms. The summed E-state index contributed by atoms with van der Waals surface area (Å²) in [7, 11) is 0. The van der Waals surface area contributed by atoms with Crippen LogP contribution in [0.3, 0.4) is 0 Å². The predicted molar refractivity (Wildman–Crippen MR) is 57.6 cm³/mol. The van der Waals surface area contributed by atoms with Crippen molar-refractivity contribution in [2.45, 2.75) is 12.3 Å². The van der Waals surface area contributed by atoms with Crippen LogP contribution in [-0.2, 0) is 11.0 Å². The molecule has 0 fully saturated rings. The molecule has 0 spiro atoms. The number of halogens is 3. The average Bonchev–Trinajstić information content (AvgIpc) is 2.34. The summed E-state index contributed by atoms with van der Waals surface area (Å²) in [6.45, 7) is -0.446. The number of aliphatic hydroxyl groups is 1. The molecule has 0 aliphatic heterocycles. The summed E-state index contributed by atoms with van der Waals surface area (Å²) in [5.74, 6) is -1.42. The number of alkyl halides is 3. The molecule has 102 valence electrons. The molecule has 1 heterocycles. The van der Waals surface area contributed by atoms with Crippen molar-refractivity contribution in [3.8, 4) is 6.07 Å². The molecule has 1 aromatic rings. The van der Waals surface area contributed by atoms with Gasteiger partial charge in [-0.25, -0.2) is 4.98 Å². The van der Waals surface area contributed by atoms with E-state index < -0.39 is 30.4 Å². The fourth-order valence-corrected chi connectivity index (χ4v) is 1.14. The normalized spacial score (nSPS) is 12.6. The van der Waals surface area contributed by atoms with Crippen LogP contribution in [0.15, 0.2) is 12.1 Å². The van der Waals surface area contributed by atoms with Crippen molar-refractivity contribution in [3.05, 3.63) is 23.4 Å². The first kappa shape index (κ1) is 14.7. The topological polar surface area (TPSA) is 112 Å². The maximum absolute atomic E-state index is 12.4. The first-order chi connectivity index (χ1) is 8.75. The minimum atomic E-state index is -4.66. The number of nitriles is 1. The maximum atomic E-state index is 12.4. The Labute approximate surface area is 105 Å². The van der Waals surface area contributed by atoms with Crippen molar-refractivity contribution in [2.75, 3.05) is 11.9 Å². The van der Waals surface area contributed by atoms with E-state index in [1.807, 2.05) is 0 Å². The lowest BCUT2D eigenvalue weighted by Gasteiger charge is -2.12. The molecule has 1 rings (SSSR count). The SMILES string of the molecule is N#Cc1ccc(C(F)(F)F)nc1NCC(O)C(N)=O. The Balaban J connectivity index is 2.98. The molecular weight excluding hydrogens is 265 g/mol.